The minimum Gasteiger partial charge on any atom is -0.343 e. The molecule has 1 aromatic heterocycles. The van der Waals surface area contributed by atoms with Gasteiger partial charge >= 0.3 is 0 Å². The second-order valence-electron chi connectivity index (χ2n) is 8.95. The summed E-state index contributed by atoms with van der Waals surface area (Å²) in [6.07, 6.45) is 5.96. The van der Waals surface area contributed by atoms with Crippen molar-refractivity contribution in [1.82, 2.24) is 30.0 Å². The molecule has 30 heavy (non-hydrogen) atoms. The van der Waals surface area contributed by atoms with Gasteiger partial charge in [-0.25, -0.2) is 4.68 Å². The number of carbonyl (C=O) groups excluding carboxylic acids is 1. The molecule has 2 aromatic rings. The van der Waals surface area contributed by atoms with Crippen molar-refractivity contribution in [3.05, 3.63) is 41.7 Å². The molecule has 2 aliphatic heterocycles. The Morgan fingerprint density at radius 1 is 1.03 bits per heavy atom. The maximum absolute atomic E-state index is 12.7. The predicted molar refractivity (Wildman–Crippen MR) is 116 cm³/mol. The summed E-state index contributed by atoms with van der Waals surface area (Å²) >= 11 is 0. The van der Waals surface area contributed by atoms with Crippen LogP contribution in [-0.2, 0) is 17.9 Å². The number of likely N-dealkylation sites (tertiary alicyclic amines) is 2. The monoisotopic (exact) mass is 410 g/mol. The van der Waals surface area contributed by atoms with Crippen LogP contribution in [0.2, 0.25) is 0 Å². The lowest BCUT2D eigenvalue weighted by Crippen LogP contribution is -2.38. The van der Waals surface area contributed by atoms with Gasteiger partial charge in [-0.1, -0.05) is 37.3 Å². The van der Waals surface area contributed by atoms with Gasteiger partial charge < -0.3 is 4.90 Å². The van der Waals surface area contributed by atoms with Gasteiger partial charge in [0.05, 0.1) is 6.54 Å². The number of benzene rings is 1. The van der Waals surface area contributed by atoms with Crippen LogP contribution in [0.15, 0.2) is 30.3 Å². The first-order valence-electron chi connectivity index (χ1n) is 11.5. The van der Waals surface area contributed by atoms with Crippen LogP contribution in [0.5, 0.6) is 0 Å². The highest BCUT2D eigenvalue weighted by Gasteiger charge is 2.23. The standard InChI is InChI=1S/C23H34N6O/c1-19-9-14-27(15-10-19)18-22-24-25-26-29(22)13-5-8-23(30)28-16-11-21(12-17-28)20-6-3-2-4-7-20/h2-4,6-7,19,21H,5,8-18H2,1H3. The van der Waals surface area contributed by atoms with Crippen molar-refractivity contribution in [1.29, 1.82) is 0 Å². The molecule has 0 N–H and O–H groups in total. The van der Waals surface area contributed by atoms with E-state index in [1.807, 2.05) is 9.58 Å². The number of nitrogens with zero attached hydrogens (tertiary/aromatic N) is 6. The molecule has 0 radical (unpaired) electrons. The minimum absolute atomic E-state index is 0.265. The molecule has 2 fully saturated rings. The van der Waals surface area contributed by atoms with Crippen molar-refractivity contribution < 1.29 is 4.79 Å². The summed E-state index contributed by atoms with van der Waals surface area (Å²) in [7, 11) is 0. The van der Waals surface area contributed by atoms with Crippen molar-refractivity contribution in [2.24, 2.45) is 5.92 Å². The molecule has 0 bridgehead atoms. The molecule has 0 aliphatic carbocycles. The van der Waals surface area contributed by atoms with Gasteiger partial charge in [-0.05, 0) is 73.0 Å². The van der Waals surface area contributed by atoms with Crippen LogP contribution in [0.4, 0.5) is 0 Å². The van der Waals surface area contributed by atoms with E-state index in [1.54, 1.807) is 0 Å². The van der Waals surface area contributed by atoms with E-state index in [0.29, 0.717) is 18.9 Å². The summed E-state index contributed by atoms with van der Waals surface area (Å²) in [5, 5.41) is 12.2. The Bertz CT molecular complexity index is 791. The SMILES string of the molecule is CC1CCN(Cc2nnnn2CCCC(=O)N2CCC(c3ccccc3)CC2)CC1. The zero-order valence-corrected chi connectivity index (χ0v) is 18.1. The van der Waals surface area contributed by atoms with Gasteiger partial charge in [0.25, 0.3) is 0 Å². The average Bonchev–Trinajstić information content (AvgIpc) is 3.23. The van der Waals surface area contributed by atoms with Crippen molar-refractivity contribution in [3.8, 4) is 0 Å². The Morgan fingerprint density at radius 2 is 1.77 bits per heavy atom. The molecule has 3 heterocycles. The molecule has 0 spiro atoms. The van der Waals surface area contributed by atoms with Crippen molar-refractivity contribution in [2.45, 2.75) is 64.5 Å². The third-order valence-electron chi connectivity index (χ3n) is 6.73. The lowest BCUT2D eigenvalue weighted by atomic mass is 9.89. The van der Waals surface area contributed by atoms with Crippen LogP contribution in [0, 0.1) is 5.92 Å². The minimum atomic E-state index is 0.265. The van der Waals surface area contributed by atoms with E-state index in [1.165, 1.54) is 18.4 Å². The van der Waals surface area contributed by atoms with Crippen LogP contribution in [0.1, 0.15) is 62.8 Å². The molecule has 4 rings (SSSR count). The molecule has 162 valence electrons. The number of aromatic nitrogens is 4. The van der Waals surface area contributed by atoms with Crippen LogP contribution < -0.4 is 0 Å². The summed E-state index contributed by atoms with van der Waals surface area (Å²) in [5.41, 5.74) is 1.40. The summed E-state index contributed by atoms with van der Waals surface area (Å²) < 4.78 is 1.88. The number of hydrogen-bond acceptors (Lipinski definition) is 5. The average molecular weight is 411 g/mol. The Morgan fingerprint density at radius 3 is 2.50 bits per heavy atom. The quantitative estimate of drug-likeness (QED) is 0.702. The summed E-state index contributed by atoms with van der Waals surface area (Å²) in [6.45, 7) is 7.79. The van der Waals surface area contributed by atoms with Crippen molar-refractivity contribution >= 4 is 5.91 Å². The van der Waals surface area contributed by atoms with Crippen molar-refractivity contribution in [2.75, 3.05) is 26.2 Å². The highest BCUT2D eigenvalue weighted by molar-refractivity contribution is 5.76. The number of aryl methyl sites for hydroxylation is 1. The fourth-order valence-corrected chi connectivity index (χ4v) is 4.66. The summed E-state index contributed by atoms with van der Waals surface area (Å²) in [6, 6.07) is 10.7. The smallest absolute Gasteiger partial charge is 0.222 e. The fourth-order valence-electron chi connectivity index (χ4n) is 4.66. The Kier molecular flexibility index (Phi) is 7.10. The number of piperidine rings is 2. The van der Waals surface area contributed by atoms with E-state index in [-0.39, 0.29) is 5.91 Å². The van der Waals surface area contributed by atoms with Crippen LogP contribution in [0.25, 0.3) is 0 Å². The Labute approximate surface area is 179 Å². The number of hydrogen-bond donors (Lipinski definition) is 0. The Balaban J connectivity index is 1.19. The number of carbonyl (C=O) groups is 1. The van der Waals surface area contributed by atoms with Crippen LogP contribution in [0.3, 0.4) is 0 Å². The van der Waals surface area contributed by atoms with E-state index < -0.39 is 0 Å². The molecule has 0 atom stereocenters. The third kappa shape index (κ3) is 5.45. The number of amides is 1. The fraction of sp³-hybridized carbons (Fsp3) is 0.652. The van der Waals surface area contributed by atoms with Gasteiger partial charge in [-0.15, -0.1) is 5.10 Å². The van der Waals surface area contributed by atoms with E-state index in [9.17, 15) is 4.79 Å². The second kappa shape index (κ2) is 10.2. The molecule has 1 aromatic carbocycles. The highest BCUT2D eigenvalue weighted by Crippen LogP contribution is 2.28. The number of tetrazole rings is 1. The zero-order chi connectivity index (χ0) is 20.8. The second-order valence-corrected chi connectivity index (χ2v) is 8.95. The lowest BCUT2D eigenvalue weighted by Gasteiger charge is -2.32. The molecular formula is C23H34N6O. The maximum atomic E-state index is 12.7. The molecule has 7 heteroatoms. The highest BCUT2D eigenvalue weighted by atomic mass is 16.2. The van der Waals surface area contributed by atoms with Gasteiger partial charge in [0.2, 0.25) is 5.91 Å². The largest absolute Gasteiger partial charge is 0.343 e. The van der Waals surface area contributed by atoms with Crippen molar-refractivity contribution in [3.63, 3.8) is 0 Å². The predicted octanol–water partition coefficient (Wildman–Crippen LogP) is 3.09. The molecule has 2 aliphatic rings. The Hall–Kier alpha value is -2.28. The van der Waals surface area contributed by atoms with E-state index >= 15 is 0 Å². The third-order valence-corrected chi connectivity index (χ3v) is 6.73. The van der Waals surface area contributed by atoms with Gasteiger partial charge in [0, 0.05) is 26.1 Å². The first-order chi connectivity index (χ1) is 14.7. The first-order valence-corrected chi connectivity index (χ1v) is 11.5. The molecular weight excluding hydrogens is 376 g/mol. The van der Waals surface area contributed by atoms with E-state index in [0.717, 1.165) is 63.7 Å². The van der Waals surface area contributed by atoms with Gasteiger partial charge in [-0.2, -0.15) is 0 Å². The summed E-state index contributed by atoms with van der Waals surface area (Å²) in [5.74, 6) is 2.58. The maximum Gasteiger partial charge on any atom is 0.222 e. The molecule has 0 unspecified atom stereocenters. The van der Waals surface area contributed by atoms with E-state index in [4.69, 9.17) is 0 Å². The lowest BCUT2D eigenvalue weighted by molar-refractivity contribution is -0.132. The van der Waals surface area contributed by atoms with Crippen LogP contribution >= 0.6 is 0 Å². The van der Waals surface area contributed by atoms with E-state index in [2.05, 4.69) is 57.7 Å². The van der Waals surface area contributed by atoms with Gasteiger partial charge in [-0.3, -0.25) is 9.69 Å². The zero-order valence-electron chi connectivity index (χ0n) is 18.1. The molecule has 0 saturated carbocycles. The summed E-state index contributed by atoms with van der Waals surface area (Å²) in [4.78, 5) is 17.1. The molecule has 2 saturated heterocycles. The topological polar surface area (TPSA) is 67.2 Å². The van der Waals surface area contributed by atoms with Gasteiger partial charge in [0.15, 0.2) is 5.82 Å². The molecule has 7 nitrogen and oxygen atoms in total. The first kappa shape index (κ1) is 21.0. The van der Waals surface area contributed by atoms with Crippen LogP contribution in [-0.4, -0.2) is 62.1 Å². The normalized spacial score (nSPS) is 19.3. The van der Waals surface area contributed by atoms with Gasteiger partial charge in [0.1, 0.15) is 0 Å². The molecule has 1 amide bonds. The number of rotatable bonds is 7.